The number of carbonyl (C=O) groups is 4. The number of piperazine rings is 1. The Hall–Kier alpha value is -6.41. The molecule has 0 bridgehead atoms. The van der Waals surface area contributed by atoms with E-state index in [0.29, 0.717) is 24.0 Å². The number of anilines is 4. The van der Waals surface area contributed by atoms with Crippen LogP contribution in [-0.2, 0) is 16.1 Å². The topological polar surface area (TPSA) is 162 Å². The molecule has 14 heteroatoms. The van der Waals surface area contributed by atoms with E-state index < -0.39 is 29.7 Å². The second kappa shape index (κ2) is 13.5. The van der Waals surface area contributed by atoms with Gasteiger partial charge < -0.3 is 20.3 Å². The number of piperidine rings is 1. The highest BCUT2D eigenvalue weighted by atomic mass is 16.5. The highest BCUT2D eigenvalue weighted by Crippen LogP contribution is 2.36. The molecule has 0 spiro atoms. The van der Waals surface area contributed by atoms with Gasteiger partial charge in [0, 0.05) is 80.4 Å². The van der Waals surface area contributed by atoms with Crippen LogP contribution in [0.15, 0.2) is 73.1 Å². The molecule has 9 rings (SSSR count). The molecular weight excluding hydrogens is 686 g/mol. The van der Waals surface area contributed by atoms with E-state index in [0.717, 1.165) is 88.8 Å². The Balaban J connectivity index is 0.814. The van der Waals surface area contributed by atoms with Gasteiger partial charge in [-0.3, -0.25) is 34.3 Å². The number of hydrogen-bond acceptors (Lipinski definition) is 12. The van der Waals surface area contributed by atoms with Crippen molar-refractivity contribution in [2.24, 2.45) is 0 Å². The van der Waals surface area contributed by atoms with Crippen LogP contribution in [0.1, 0.15) is 44.7 Å². The van der Waals surface area contributed by atoms with E-state index in [9.17, 15) is 19.2 Å². The Labute approximate surface area is 310 Å². The number of amides is 4. The Morgan fingerprint density at radius 3 is 2.50 bits per heavy atom. The average Bonchev–Trinajstić information content (AvgIpc) is 3.44. The lowest BCUT2D eigenvalue weighted by Crippen LogP contribution is -2.54. The Morgan fingerprint density at radius 2 is 1.69 bits per heavy atom. The standard InChI is InChI=1S/C40H37N9O5/c1-23-31(21-42-37-35(23)41-12-17-54-37)25-4-5-26-20-43-40(45-32(26)18-25)44-27-6-2-24(3-7-27)22-47-13-15-48(16-14-47)28-8-9-29-30(19-28)39(53)49(38(29)52)33-10-11-34(50)46-36(33)51/h2-9,18-21,33,41H,10-17,22H2,1H3,(H,43,44,45)(H,46,50,51). The van der Waals surface area contributed by atoms with Gasteiger partial charge in [-0.05, 0) is 66.4 Å². The maximum absolute atomic E-state index is 13.3. The molecule has 54 heavy (non-hydrogen) atoms. The van der Waals surface area contributed by atoms with Crippen LogP contribution < -0.4 is 25.6 Å². The summed E-state index contributed by atoms with van der Waals surface area (Å²) in [6.45, 7) is 7.38. The van der Waals surface area contributed by atoms with Crippen LogP contribution in [0, 0.1) is 6.92 Å². The third kappa shape index (κ3) is 6.13. The Kier molecular flexibility index (Phi) is 8.38. The number of nitrogens with one attached hydrogen (secondary N) is 3. The molecular formula is C40H37N9O5. The van der Waals surface area contributed by atoms with E-state index in [2.05, 4.69) is 66.9 Å². The Bertz CT molecular complexity index is 2360. The van der Waals surface area contributed by atoms with Crippen LogP contribution in [0.2, 0.25) is 0 Å². The molecule has 1 atom stereocenters. The monoisotopic (exact) mass is 723 g/mol. The fourth-order valence-electron chi connectivity index (χ4n) is 7.66. The predicted molar refractivity (Wildman–Crippen MR) is 202 cm³/mol. The van der Waals surface area contributed by atoms with Crippen LogP contribution in [0.5, 0.6) is 5.88 Å². The Morgan fingerprint density at radius 1 is 0.870 bits per heavy atom. The minimum atomic E-state index is -0.976. The lowest BCUT2D eigenvalue weighted by molar-refractivity contribution is -0.136. The van der Waals surface area contributed by atoms with Gasteiger partial charge in [-0.1, -0.05) is 24.3 Å². The van der Waals surface area contributed by atoms with Gasteiger partial charge >= 0.3 is 0 Å². The van der Waals surface area contributed by atoms with Crippen molar-refractivity contribution in [1.29, 1.82) is 0 Å². The predicted octanol–water partition coefficient (Wildman–Crippen LogP) is 4.27. The van der Waals surface area contributed by atoms with Crippen molar-refractivity contribution >= 4 is 57.5 Å². The second-order valence-corrected chi connectivity index (χ2v) is 14.0. The second-order valence-electron chi connectivity index (χ2n) is 14.0. The van der Waals surface area contributed by atoms with Gasteiger partial charge in [0.1, 0.15) is 18.3 Å². The number of imide groups is 2. The first-order chi connectivity index (χ1) is 26.3. The van der Waals surface area contributed by atoms with Crippen molar-refractivity contribution in [3.8, 4) is 17.0 Å². The summed E-state index contributed by atoms with van der Waals surface area (Å²) in [6.07, 6.45) is 3.90. The first-order valence-corrected chi connectivity index (χ1v) is 18.1. The van der Waals surface area contributed by atoms with Crippen LogP contribution in [0.4, 0.5) is 23.0 Å². The summed E-state index contributed by atoms with van der Waals surface area (Å²) in [6, 6.07) is 18.7. The zero-order chi connectivity index (χ0) is 36.9. The normalized spacial score (nSPS) is 18.6. The summed E-state index contributed by atoms with van der Waals surface area (Å²) in [4.78, 5) is 69.9. The molecule has 5 aromatic rings. The highest BCUT2D eigenvalue weighted by molar-refractivity contribution is 6.23. The molecule has 6 heterocycles. The molecule has 3 aromatic carbocycles. The molecule has 2 fully saturated rings. The van der Waals surface area contributed by atoms with Crippen LogP contribution in [-0.4, -0.2) is 93.8 Å². The molecule has 0 saturated carbocycles. The van der Waals surface area contributed by atoms with E-state index in [1.54, 1.807) is 12.1 Å². The average molecular weight is 724 g/mol. The quantitative estimate of drug-likeness (QED) is 0.205. The van der Waals surface area contributed by atoms with Gasteiger partial charge in [0.25, 0.3) is 11.8 Å². The summed E-state index contributed by atoms with van der Waals surface area (Å²) in [5.74, 6) is -0.840. The summed E-state index contributed by atoms with van der Waals surface area (Å²) >= 11 is 0. The van der Waals surface area contributed by atoms with Crippen LogP contribution >= 0.6 is 0 Å². The summed E-state index contributed by atoms with van der Waals surface area (Å²) < 4.78 is 5.70. The smallest absolute Gasteiger partial charge is 0.262 e. The number of nitrogens with zero attached hydrogens (tertiary/aromatic N) is 6. The minimum absolute atomic E-state index is 0.0898. The third-order valence-corrected chi connectivity index (χ3v) is 10.6. The fourth-order valence-corrected chi connectivity index (χ4v) is 7.66. The molecule has 2 saturated heterocycles. The number of ether oxygens (including phenoxy) is 1. The number of hydrogen-bond donors (Lipinski definition) is 3. The van der Waals surface area contributed by atoms with Crippen LogP contribution in [0.25, 0.3) is 22.0 Å². The van der Waals surface area contributed by atoms with Gasteiger partial charge in [-0.2, -0.15) is 0 Å². The van der Waals surface area contributed by atoms with Crippen molar-refractivity contribution < 1.29 is 23.9 Å². The van der Waals surface area contributed by atoms with Crippen molar-refractivity contribution in [2.75, 3.05) is 54.9 Å². The molecule has 272 valence electrons. The lowest BCUT2D eigenvalue weighted by atomic mass is 10.00. The number of aromatic nitrogens is 3. The molecule has 4 amide bonds. The van der Waals surface area contributed by atoms with Crippen LogP contribution in [0.3, 0.4) is 0 Å². The molecule has 0 radical (unpaired) electrons. The van der Waals surface area contributed by atoms with Crippen molar-refractivity contribution in [1.82, 2.24) is 30.1 Å². The van der Waals surface area contributed by atoms with E-state index in [4.69, 9.17) is 9.72 Å². The van der Waals surface area contributed by atoms with Gasteiger partial charge in [-0.25, -0.2) is 15.0 Å². The first kappa shape index (κ1) is 33.4. The number of pyridine rings is 1. The van der Waals surface area contributed by atoms with Gasteiger partial charge in [0.2, 0.25) is 23.6 Å². The maximum atomic E-state index is 13.3. The van der Waals surface area contributed by atoms with Crippen molar-refractivity contribution in [2.45, 2.75) is 32.4 Å². The van der Waals surface area contributed by atoms with Gasteiger partial charge in [-0.15, -0.1) is 0 Å². The molecule has 4 aliphatic heterocycles. The highest BCUT2D eigenvalue weighted by Gasteiger charge is 2.44. The summed E-state index contributed by atoms with van der Waals surface area (Å²) in [7, 11) is 0. The van der Waals surface area contributed by atoms with E-state index in [1.165, 1.54) is 5.56 Å². The minimum Gasteiger partial charge on any atom is -0.474 e. The van der Waals surface area contributed by atoms with Crippen molar-refractivity contribution in [3.05, 3.63) is 95.3 Å². The summed E-state index contributed by atoms with van der Waals surface area (Å²) in [5, 5.41) is 9.94. The maximum Gasteiger partial charge on any atom is 0.262 e. The zero-order valence-electron chi connectivity index (χ0n) is 29.6. The zero-order valence-corrected chi connectivity index (χ0v) is 29.6. The first-order valence-electron chi connectivity index (χ1n) is 18.1. The largest absolute Gasteiger partial charge is 0.474 e. The van der Waals surface area contributed by atoms with Gasteiger partial charge in [0.15, 0.2) is 0 Å². The molecule has 0 aliphatic carbocycles. The number of rotatable bonds is 7. The molecule has 1 unspecified atom stereocenters. The third-order valence-electron chi connectivity index (χ3n) is 10.6. The summed E-state index contributed by atoms with van der Waals surface area (Å²) in [5.41, 5.74) is 8.42. The van der Waals surface area contributed by atoms with E-state index in [-0.39, 0.29) is 18.4 Å². The van der Waals surface area contributed by atoms with E-state index in [1.807, 2.05) is 36.7 Å². The number of carbonyl (C=O) groups excluding carboxylic acids is 4. The van der Waals surface area contributed by atoms with Crippen molar-refractivity contribution in [3.63, 3.8) is 0 Å². The number of benzene rings is 3. The number of fused-ring (bicyclic) bond motifs is 3. The fraction of sp³-hybridized carbons (Fsp3) is 0.275. The molecule has 14 nitrogen and oxygen atoms in total. The van der Waals surface area contributed by atoms with E-state index >= 15 is 0 Å². The van der Waals surface area contributed by atoms with Gasteiger partial charge in [0.05, 0.1) is 16.6 Å². The molecule has 4 aliphatic rings. The molecule has 2 aromatic heterocycles. The molecule has 3 N–H and O–H groups in total. The SMILES string of the molecule is Cc1c(-c2ccc3cnc(Nc4ccc(CN5CCN(c6ccc7c(c6)C(=O)N(C6CCC(=O)NC6=O)C7=O)CC5)cc4)nc3c2)cnc2c1NCCO2. The lowest BCUT2D eigenvalue weighted by Gasteiger charge is -2.36.